The van der Waals surface area contributed by atoms with Crippen LogP contribution in [0.25, 0.3) is 0 Å². The zero-order valence-corrected chi connectivity index (χ0v) is 15.5. The Bertz CT molecular complexity index is 663. The molecule has 1 aliphatic heterocycles. The Morgan fingerprint density at radius 3 is 2.54 bits per heavy atom. The van der Waals surface area contributed by atoms with E-state index in [9.17, 15) is 13.2 Å². The van der Waals surface area contributed by atoms with Gasteiger partial charge in [0, 0.05) is 5.92 Å². The molecule has 0 saturated carbocycles. The maximum Gasteiger partial charge on any atom is 0.223 e. The second kappa shape index (κ2) is 7.55. The molecule has 1 N–H and O–H groups in total. The first-order valence-electron chi connectivity index (χ1n) is 8.39. The van der Waals surface area contributed by atoms with Crippen LogP contribution in [0.4, 0.5) is 0 Å². The van der Waals surface area contributed by atoms with Gasteiger partial charge in [-0.05, 0) is 36.0 Å². The third-order valence-electron chi connectivity index (χ3n) is 4.30. The van der Waals surface area contributed by atoms with Crippen molar-refractivity contribution in [2.45, 2.75) is 39.0 Å². The summed E-state index contributed by atoms with van der Waals surface area (Å²) in [6, 6.07) is 7.97. The van der Waals surface area contributed by atoms with Crippen molar-refractivity contribution >= 4 is 15.7 Å². The molecule has 6 heteroatoms. The Morgan fingerprint density at radius 2 is 1.92 bits per heavy atom. The van der Waals surface area contributed by atoms with Gasteiger partial charge in [0.05, 0.1) is 18.1 Å². The number of hydrogen-bond acceptors (Lipinski definition) is 4. The minimum atomic E-state index is -2.93. The first kappa shape index (κ1) is 18.8. The highest BCUT2D eigenvalue weighted by Crippen LogP contribution is 2.25. The molecule has 1 aliphatic rings. The van der Waals surface area contributed by atoms with Gasteiger partial charge in [0.2, 0.25) is 5.91 Å². The second-order valence-electron chi connectivity index (χ2n) is 7.34. The lowest BCUT2D eigenvalue weighted by molar-refractivity contribution is -0.125. The van der Waals surface area contributed by atoms with Crippen molar-refractivity contribution in [3.05, 3.63) is 29.8 Å². The van der Waals surface area contributed by atoms with Crippen LogP contribution in [0, 0.1) is 5.92 Å². The van der Waals surface area contributed by atoms with Gasteiger partial charge in [0.1, 0.15) is 22.2 Å². The molecular formula is C18H27NO4S. The number of amides is 1. The average Bonchev–Trinajstić information content (AvgIpc) is 2.51. The van der Waals surface area contributed by atoms with Gasteiger partial charge in [-0.25, -0.2) is 8.42 Å². The topological polar surface area (TPSA) is 72.5 Å². The normalized spacial score (nSPS) is 18.1. The standard InChI is InChI=1S/C18H27NO4S/c1-18(2,3)15-5-4-6-16(13-15)23-10-9-19-17(20)14-7-11-24(21,22)12-8-14/h4-6,13-14H,7-12H2,1-3H3,(H,19,20). The molecule has 1 aromatic rings. The number of carbonyl (C=O) groups is 1. The molecule has 0 aliphatic carbocycles. The van der Waals surface area contributed by atoms with Crippen molar-refractivity contribution in [1.29, 1.82) is 0 Å². The van der Waals surface area contributed by atoms with Crippen LogP contribution in [-0.2, 0) is 20.0 Å². The molecule has 134 valence electrons. The summed E-state index contributed by atoms with van der Waals surface area (Å²) in [5.74, 6) is 0.748. The number of sulfone groups is 1. The number of nitrogens with one attached hydrogen (secondary N) is 1. The predicted molar refractivity (Wildman–Crippen MR) is 95.0 cm³/mol. The molecule has 5 nitrogen and oxygen atoms in total. The number of hydrogen-bond donors (Lipinski definition) is 1. The van der Waals surface area contributed by atoms with Gasteiger partial charge in [0.15, 0.2) is 0 Å². The largest absolute Gasteiger partial charge is 0.492 e. The fraction of sp³-hybridized carbons (Fsp3) is 0.611. The van der Waals surface area contributed by atoms with Gasteiger partial charge in [-0.15, -0.1) is 0 Å². The summed E-state index contributed by atoms with van der Waals surface area (Å²) in [7, 11) is -2.93. The van der Waals surface area contributed by atoms with Crippen molar-refractivity contribution in [1.82, 2.24) is 5.32 Å². The van der Waals surface area contributed by atoms with Crippen molar-refractivity contribution in [3.8, 4) is 5.75 Å². The Kier molecular flexibility index (Phi) is 5.91. The molecule has 24 heavy (non-hydrogen) atoms. The summed E-state index contributed by atoms with van der Waals surface area (Å²) in [5, 5.41) is 2.84. The SMILES string of the molecule is CC(C)(C)c1cccc(OCCNC(=O)C2CCS(=O)(=O)CC2)c1. The van der Waals surface area contributed by atoms with Crippen LogP contribution >= 0.6 is 0 Å². The molecule has 1 saturated heterocycles. The van der Waals surface area contributed by atoms with Gasteiger partial charge in [-0.2, -0.15) is 0 Å². The number of carbonyl (C=O) groups excluding carboxylic acids is 1. The summed E-state index contributed by atoms with van der Waals surface area (Å²) >= 11 is 0. The highest BCUT2D eigenvalue weighted by molar-refractivity contribution is 7.91. The third kappa shape index (κ3) is 5.51. The molecule has 0 spiro atoms. The van der Waals surface area contributed by atoms with E-state index < -0.39 is 9.84 Å². The van der Waals surface area contributed by atoms with Crippen LogP contribution in [-0.4, -0.2) is 39.0 Å². The van der Waals surface area contributed by atoms with Gasteiger partial charge >= 0.3 is 0 Å². The summed E-state index contributed by atoms with van der Waals surface area (Å²) in [5.41, 5.74) is 1.27. The molecule has 0 atom stereocenters. The highest BCUT2D eigenvalue weighted by atomic mass is 32.2. The van der Waals surface area contributed by atoms with Crippen LogP contribution in [0.15, 0.2) is 24.3 Å². The van der Waals surface area contributed by atoms with Crippen LogP contribution in [0.5, 0.6) is 5.75 Å². The van der Waals surface area contributed by atoms with Gasteiger partial charge < -0.3 is 10.1 Å². The van der Waals surface area contributed by atoms with E-state index in [1.54, 1.807) is 0 Å². The lowest BCUT2D eigenvalue weighted by Crippen LogP contribution is -2.37. The minimum Gasteiger partial charge on any atom is -0.492 e. The molecule has 1 amide bonds. The Balaban J connectivity index is 1.74. The van der Waals surface area contributed by atoms with E-state index in [4.69, 9.17) is 4.74 Å². The summed E-state index contributed by atoms with van der Waals surface area (Å²) in [6.07, 6.45) is 0.839. The highest BCUT2D eigenvalue weighted by Gasteiger charge is 2.28. The van der Waals surface area contributed by atoms with E-state index >= 15 is 0 Å². The Labute approximate surface area is 144 Å². The summed E-state index contributed by atoms with van der Waals surface area (Å²) in [4.78, 5) is 12.0. The van der Waals surface area contributed by atoms with Crippen molar-refractivity contribution in [2.24, 2.45) is 5.92 Å². The van der Waals surface area contributed by atoms with Crippen LogP contribution in [0.3, 0.4) is 0 Å². The molecule has 0 bridgehead atoms. The molecule has 2 rings (SSSR count). The van der Waals surface area contributed by atoms with E-state index in [1.165, 1.54) is 5.56 Å². The van der Waals surface area contributed by atoms with Crippen LogP contribution < -0.4 is 10.1 Å². The zero-order chi connectivity index (χ0) is 17.8. The summed E-state index contributed by atoms with van der Waals surface area (Å²) < 4.78 is 28.5. The second-order valence-corrected chi connectivity index (χ2v) is 9.65. The Morgan fingerprint density at radius 1 is 1.25 bits per heavy atom. The predicted octanol–water partition coefficient (Wildman–Crippen LogP) is 2.30. The maximum absolute atomic E-state index is 12.0. The first-order chi connectivity index (χ1) is 11.2. The molecule has 0 radical (unpaired) electrons. The number of rotatable bonds is 5. The van der Waals surface area contributed by atoms with Crippen LogP contribution in [0.2, 0.25) is 0 Å². The van der Waals surface area contributed by atoms with E-state index in [0.717, 1.165) is 5.75 Å². The zero-order valence-electron chi connectivity index (χ0n) is 14.7. The number of benzene rings is 1. The Hall–Kier alpha value is -1.56. The molecule has 0 unspecified atom stereocenters. The molecule has 0 aromatic heterocycles. The lowest BCUT2D eigenvalue weighted by Gasteiger charge is -2.21. The monoisotopic (exact) mass is 353 g/mol. The smallest absolute Gasteiger partial charge is 0.223 e. The third-order valence-corrected chi connectivity index (χ3v) is 6.01. The van der Waals surface area contributed by atoms with Gasteiger partial charge in [0.25, 0.3) is 0 Å². The quantitative estimate of drug-likeness (QED) is 0.825. The minimum absolute atomic E-state index is 0.0644. The maximum atomic E-state index is 12.0. The van der Waals surface area contributed by atoms with Crippen molar-refractivity contribution < 1.29 is 17.9 Å². The van der Waals surface area contributed by atoms with Crippen LogP contribution in [0.1, 0.15) is 39.2 Å². The van der Waals surface area contributed by atoms with Crippen molar-refractivity contribution in [3.63, 3.8) is 0 Å². The van der Waals surface area contributed by atoms with E-state index in [0.29, 0.717) is 26.0 Å². The van der Waals surface area contributed by atoms with Gasteiger partial charge in [-0.3, -0.25) is 4.79 Å². The van der Waals surface area contributed by atoms with E-state index in [1.807, 2.05) is 18.2 Å². The average molecular weight is 353 g/mol. The van der Waals surface area contributed by atoms with Gasteiger partial charge in [-0.1, -0.05) is 32.9 Å². The fourth-order valence-corrected chi connectivity index (χ4v) is 4.18. The first-order valence-corrected chi connectivity index (χ1v) is 10.2. The summed E-state index contributed by atoms with van der Waals surface area (Å²) in [6.45, 7) is 7.26. The van der Waals surface area contributed by atoms with E-state index in [2.05, 4.69) is 32.2 Å². The van der Waals surface area contributed by atoms with E-state index in [-0.39, 0.29) is 28.7 Å². The molecular weight excluding hydrogens is 326 g/mol. The molecule has 1 aromatic carbocycles. The number of ether oxygens (including phenoxy) is 1. The molecule has 1 heterocycles. The lowest BCUT2D eigenvalue weighted by atomic mass is 9.87. The molecule has 1 fully saturated rings. The van der Waals surface area contributed by atoms with Crippen molar-refractivity contribution in [2.75, 3.05) is 24.7 Å². The fourth-order valence-electron chi connectivity index (χ4n) is 2.69.